The third kappa shape index (κ3) is 1.54. The first-order chi connectivity index (χ1) is 7.15. The summed E-state index contributed by atoms with van der Waals surface area (Å²) in [6, 6.07) is 0. The molecule has 2 heterocycles. The molecule has 0 aromatic carbocycles. The highest BCUT2D eigenvalue weighted by molar-refractivity contribution is 7.99. The van der Waals surface area contributed by atoms with E-state index < -0.39 is 0 Å². The zero-order chi connectivity index (χ0) is 11.0. The highest BCUT2D eigenvalue weighted by Gasteiger charge is 2.11. The molecule has 6 heteroatoms. The lowest BCUT2D eigenvalue weighted by molar-refractivity contribution is 0.783. The molecule has 0 N–H and O–H groups in total. The van der Waals surface area contributed by atoms with Crippen molar-refractivity contribution in [2.75, 3.05) is 5.75 Å². The van der Waals surface area contributed by atoms with E-state index in [2.05, 4.69) is 9.97 Å². The van der Waals surface area contributed by atoms with Crippen molar-refractivity contribution in [3.63, 3.8) is 0 Å². The summed E-state index contributed by atoms with van der Waals surface area (Å²) in [6.07, 6.45) is 1.70. The van der Waals surface area contributed by atoms with Crippen LogP contribution in [-0.4, -0.2) is 24.9 Å². The monoisotopic (exact) mass is 224 g/mol. The number of aromatic nitrogens is 4. The number of thioether (sulfide) groups is 1. The first kappa shape index (κ1) is 10.2. The minimum atomic E-state index is -0.234. The van der Waals surface area contributed by atoms with Gasteiger partial charge in [-0.3, -0.25) is 4.57 Å². The molecule has 0 amide bonds. The number of rotatable bonds is 2. The fourth-order valence-corrected chi connectivity index (χ4v) is 2.21. The molecule has 80 valence electrons. The first-order valence-electron chi connectivity index (χ1n) is 4.66. The lowest BCUT2D eigenvalue weighted by Crippen LogP contribution is -2.22. The number of fused-ring (bicyclic) bond motifs is 1. The van der Waals surface area contributed by atoms with Gasteiger partial charge in [-0.15, -0.1) is 11.8 Å². The third-order valence-corrected chi connectivity index (χ3v) is 3.04. The molecule has 0 bridgehead atoms. The standard InChI is InChI=1S/C9H12N4OS/c1-4-15-7-6-8(12(2)5-10-6)13(3)9(14)11-7/h5H,4H2,1-3H3. The van der Waals surface area contributed by atoms with Crippen LogP contribution < -0.4 is 5.69 Å². The number of hydrogen-bond acceptors (Lipinski definition) is 4. The van der Waals surface area contributed by atoms with Crippen molar-refractivity contribution in [2.45, 2.75) is 11.9 Å². The van der Waals surface area contributed by atoms with Gasteiger partial charge in [0.1, 0.15) is 16.2 Å². The van der Waals surface area contributed by atoms with E-state index in [1.807, 2.05) is 18.5 Å². The quantitative estimate of drug-likeness (QED) is 0.559. The van der Waals surface area contributed by atoms with Crippen LogP contribution in [0.15, 0.2) is 16.1 Å². The number of hydrogen-bond donors (Lipinski definition) is 0. The Labute approximate surface area is 91.1 Å². The fraction of sp³-hybridized carbons (Fsp3) is 0.444. The largest absolute Gasteiger partial charge is 0.350 e. The smallest absolute Gasteiger partial charge is 0.320 e. The van der Waals surface area contributed by atoms with Crippen LogP contribution in [0.25, 0.3) is 11.2 Å². The molecule has 0 atom stereocenters. The van der Waals surface area contributed by atoms with Crippen LogP contribution in [0.3, 0.4) is 0 Å². The summed E-state index contributed by atoms with van der Waals surface area (Å²) in [4.78, 5) is 19.8. The zero-order valence-electron chi connectivity index (χ0n) is 8.89. The summed E-state index contributed by atoms with van der Waals surface area (Å²) in [5.74, 6) is 0.881. The topological polar surface area (TPSA) is 52.7 Å². The molecule has 2 aromatic rings. The molecule has 0 spiro atoms. The second kappa shape index (κ2) is 3.69. The molecule has 0 saturated heterocycles. The van der Waals surface area contributed by atoms with Gasteiger partial charge in [0.15, 0.2) is 0 Å². The average molecular weight is 224 g/mol. The maximum Gasteiger partial charge on any atom is 0.350 e. The van der Waals surface area contributed by atoms with Gasteiger partial charge in [0.25, 0.3) is 0 Å². The Hall–Kier alpha value is -1.30. The molecule has 5 nitrogen and oxygen atoms in total. The van der Waals surface area contributed by atoms with Crippen molar-refractivity contribution >= 4 is 22.9 Å². The van der Waals surface area contributed by atoms with E-state index in [9.17, 15) is 4.79 Å². The molecular formula is C9H12N4OS. The molecule has 0 aliphatic rings. The highest BCUT2D eigenvalue weighted by atomic mass is 32.2. The van der Waals surface area contributed by atoms with E-state index in [1.54, 1.807) is 25.1 Å². The Morgan fingerprint density at radius 1 is 1.47 bits per heavy atom. The van der Waals surface area contributed by atoms with Gasteiger partial charge in [0, 0.05) is 14.1 Å². The molecule has 0 unspecified atom stereocenters. The predicted octanol–water partition coefficient (Wildman–Crippen LogP) is 0.779. The molecule has 15 heavy (non-hydrogen) atoms. The van der Waals surface area contributed by atoms with Gasteiger partial charge in [-0.1, -0.05) is 6.92 Å². The second-order valence-electron chi connectivity index (χ2n) is 3.22. The maximum absolute atomic E-state index is 11.6. The van der Waals surface area contributed by atoms with Gasteiger partial charge in [0.05, 0.1) is 6.33 Å². The lowest BCUT2D eigenvalue weighted by Gasteiger charge is -2.04. The SMILES string of the molecule is CCSc1nc(=O)n(C)c2c1ncn2C. The number of aryl methyl sites for hydroxylation is 2. The molecule has 0 aliphatic heterocycles. The van der Waals surface area contributed by atoms with Crippen LogP contribution in [0.1, 0.15) is 6.92 Å². The fourth-order valence-electron chi connectivity index (χ4n) is 1.51. The molecule has 2 rings (SSSR count). The molecule has 0 aliphatic carbocycles. The molecule has 0 saturated carbocycles. The summed E-state index contributed by atoms with van der Waals surface area (Å²) in [5, 5.41) is 0.719. The summed E-state index contributed by atoms with van der Waals surface area (Å²) in [6.45, 7) is 2.03. The van der Waals surface area contributed by atoms with E-state index in [-0.39, 0.29) is 5.69 Å². The Kier molecular flexibility index (Phi) is 2.52. The van der Waals surface area contributed by atoms with Crippen molar-refractivity contribution in [2.24, 2.45) is 14.1 Å². The maximum atomic E-state index is 11.6. The third-order valence-electron chi connectivity index (χ3n) is 2.19. The predicted molar refractivity (Wildman–Crippen MR) is 60.1 cm³/mol. The van der Waals surface area contributed by atoms with Crippen LogP contribution in [0.2, 0.25) is 0 Å². The Bertz CT molecular complexity index is 557. The van der Waals surface area contributed by atoms with E-state index in [0.29, 0.717) is 0 Å². The summed E-state index contributed by atoms with van der Waals surface area (Å²) in [7, 11) is 3.58. The van der Waals surface area contributed by atoms with Crippen molar-refractivity contribution in [3.8, 4) is 0 Å². The Morgan fingerprint density at radius 2 is 2.20 bits per heavy atom. The second-order valence-corrected chi connectivity index (χ2v) is 4.47. The molecule has 2 aromatic heterocycles. The molecule has 0 fully saturated rings. The van der Waals surface area contributed by atoms with Gasteiger partial charge in [-0.05, 0) is 5.75 Å². The van der Waals surface area contributed by atoms with Crippen molar-refractivity contribution in [3.05, 3.63) is 16.8 Å². The average Bonchev–Trinajstić information content (AvgIpc) is 2.57. The first-order valence-corrected chi connectivity index (χ1v) is 5.64. The Morgan fingerprint density at radius 3 is 2.87 bits per heavy atom. The van der Waals surface area contributed by atoms with Gasteiger partial charge >= 0.3 is 5.69 Å². The van der Waals surface area contributed by atoms with Crippen LogP contribution >= 0.6 is 11.8 Å². The minimum Gasteiger partial charge on any atom is -0.320 e. The van der Waals surface area contributed by atoms with E-state index in [4.69, 9.17) is 0 Å². The molecule has 0 radical (unpaired) electrons. The van der Waals surface area contributed by atoms with Crippen LogP contribution in [0, 0.1) is 0 Å². The lowest BCUT2D eigenvalue weighted by atomic mass is 10.5. The molecular weight excluding hydrogens is 212 g/mol. The van der Waals surface area contributed by atoms with Gasteiger partial charge in [-0.2, -0.15) is 4.98 Å². The normalized spacial score (nSPS) is 11.1. The van der Waals surface area contributed by atoms with E-state index in [1.165, 1.54) is 4.57 Å². The number of imidazole rings is 1. The van der Waals surface area contributed by atoms with Gasteiger partial charge in [0.2, 0.25) is 0 Å². The van der Waals surface area contributed by atoms with Crippen LogP contribution in [-0.2, 0) is 14.1 Å². The van der Waals surface area contributed by atoms with Crippen molar-refractivity contribution in [1.29, 1.82) is 0 Å². The zero-order valence-corrected chi connectivity index (χ0v) is 9.71. The van der Waals surface area contributed by atoms with Crippen LogP contribution in [0.5, 0.6) is 0 Å². The summed E-state index contributed by atoms with van der Waals surface area (Å²) in [5.41, 5.74) is 1.37. The van der Waals surface area contributed by atoms with Crippen LogP contribution in [0.4, 0.5) is 0 Å². The van der Waals surface area contributed by atoms with E-state index in [0.717, 1.165) is 21.9 Å². The van der Waals surface area contributed by atoms with Gasteiger partial charge in [-0.25, -0.2) is 9.78 Å². The summed E-state index contributed by atoms with van der Waals surface area (Å²) >= 11 is 1.54. The highest BCUT2D eigenvalue weighted by Crippen LogP contribution is 2.21. The minimum absolute atomic E-state index is 0.234. The van der Waals surface area contributed by atoms with Crippen molar-refractivity contribution in [1.82, 2.24) is 19.1 Å². The Balaban J connectivity index is 2.84. The van der Waals surface area contributed by atoms with Crippen molar-refractivity contribution < 1.29 is 0 Å². The van der Waals surface area contributed by atoms with Gasteiger partial charge < -0.3 is 4.57 Å². The summed E-state index contributed by atoms with van der Waals surface area (Å²) < 4.78 is 3.35. The van der Waals surface area contributed by atoms with E-state index >= 15 is 0 Å². The number of nitrogens with zero attached hydrogens (tertiary/aromatic N) is 4.